The van der Waals surface area contributed by atoms with Gasteiger partial charge in [-0.3, -0.25) is 4.90 Å². The van der Waals surface area contributed by atoms with Crippen molar-refractivity contribution in [2.75, 3.05) is 26.7 Å². The van der Waals surface area contributed by atoms with E-state index in [1.54, 1.807) is 11.3 Å². The summed E-state index contributed by atoms with van der Waals surface area (Å²) in [5, 5.41) is 3.48. The third-order valence-corrected chi connectivity index (χ3v) is 4.91. The molecule has 0 saturated carbocycles. The van der Waals surface area contributed by atoms with Crippen LogP contribution in [0.3, 0.4) is 0 Å². The summed E-state index contributed by atoms with van der Waals surface area (Å²) in [6.45, 7) is 7.07. The molecule has 1 N–H and O–H groups in total. The maximum Gasteiger partial charge on any atom is 0.0904 e. The van der Waals surface area contributed by atoms with Crippen LogP contribution < -0.4 is 5.32 Å². The zero-order valence-corrected chi connectivity index (χ0v) is 13.6. The summed E-state index contributed by atoms with van der Waals surface area (Å²) >= 11 is 5.35. The zero-order chi connectivity index (χ0) is 13.1. The van der Waals surface area contributed by atoms with E-state index >= 15 is 0 Å². The predicted molar refractivity (Wildman–Crippen MR) is 80.3 cm³/mol. The van der Waals surface area contributed by atoms with Crippen LogP contribution in [0.15, 0.2) is 15.9 Å². The average Bonchev–Trinajstić information content (AvgIpc) is 2.72. The van der Waals surface area contributed by atoms with Gasteiger partial charge in [0.15, 0.2) is 0 Å². The number of morpholine rings is 1. The normalized spacial score (nSPS) is 25.8. The Morgan fingerprint density at radius 3 is 2.94 bits per heavy atom. The molecular formula is C13H21BrN2OS. The van der Waals surface area contributed by atoms with Crippen molar-refractivity contribution < 1.29 is 4.74 Å². The van der Waals surface area contributed by atoms with Gasteiger partial charge in [-0.05, 0) is 35.1 Å². The molecule has 1 fully saturated rings. The van der Waals surface area contributed by atoms with E-state index < -0.39 is 0 Å². The minimum atomic E-state index is 0.233. The van der Waals surface area contributed by atoms with Crippen molar-refractivity contribution in [2.24, 2.45) is 0 Å². The van der Waals surface area contributed by atoms with Gasteiger partial charge >= 0.3 is 0 Å². The van der Waals surface area contributed by atoms with Gasteiger partial charge < -0.3 is 10.1 Å². The molecule has 1 aliphatic heterocycles. The molecule has 2 rings (SSSR count). The lowest BCUT2D eigenvalue weighted by molar-refractivity contribution is -0.0608. The average molecular weight is 333 g/mol. The highest BCUT2D eigenvalue weighted by Crippen LogP contribution is 2.34. The van der Waals surface area contributed by atoms with E-state index in [-0.39, 0.29) is 6.10 Å². The lowest BCUT2D eigenvalue weighted by Gasteiger charge is -2.39. The number of thiophene rings is 1. The van der Waals surface area contributed by atoms with E-state index in [4.69, 9.17) is 4.74 Å². The van der Waals surface area contributed by atoms with Crippen LogP contribution in [-0.4, -0.2) is 43.8 Å². The predicted octanol–water partition coefficient (Wildman–Crippen LogP) is 2.88. The molecule has 0 bridgehead atoms. The fraction of sp³-hybridized carbons (Fsp3) is 0.692. The van der Waals surface area contributed by atoms with Crippen LogP contribution >= 0.6 is 27.3 Å². The van der Waals surface area contributed by atoms with Crippen molar-refractivity contribution in [1.82, 2.24) is 10.2 Å². The topological polar surface area (TPSA) is 24.5 Å². The molecule has 18 heavy (non-hydrogen) atoms. The third-order valence-electron chi connectivity index (χ3n) is 3.22. The smallest absolute Gasteiger partial charge is 0.0904 e. The lowest BCUT2D eigenvalue weighted by Crippen LogP contribution is -2.48. The monoisotopic (exact) mass is 332 g/mol. The molecule has 0 aromatic carbocycles. The van der Waals surface area contributed by atoms with Crippen LogP contribution in [0.2, 0.25) is 0 Å². The first-order valence-corrected chi connectivity index (χ1v) is 7.99. The molecule has 3 nitrogen and oxygen atoms in total. The molecule has 5 heteroatoms. The van der Waals surface area contributed by atoms with Gasteiger partial charge in [0.2, 0.25) is 0 Å². The summed E-state index contributed by atoms with van der Waals surface area (Å²) in [6.07, 6.45) is 0.233. The Kier molecular flexibility index (Phi) is 5.21. The number of likely N-dealkylation sites (N-methyl/N-ethyl adjacent to an activating group) is 1. The summed E-state index contributed by atoms with van der Waals surface area (Å²) in [5.41, 5.74) is 0. The van der Waals surface area contributed by atoms with Crippen LogP contribution in [-0.2, 0) is 4.74 Å². The maximum absolute atomic E-state index is 5.96. The zero-order valence-electron chi connectivity index (χ0n) is 11.1. The van der Waals surface area contributed by atoms with Crippen molar-refractivity contribution in [2.45, 2.75) is 32.0 Å². The Labute approximate surface area is 122 Å². The van der Waals surface area contributed by atoms with E-state index in [2.05, 4.69) is 59.2 Å². The Morgan fingerprint density at radius 2 is 2.33 bits per heavy atom. The van der Waals surface area contributed by atoms with E-state index in [0.717, 1.165) is 19.7 Å². The van der Waals surface area contributed by atoms with E-state index in [9.17, 15) is 0 Å². The SMILES string of the molecule is CC(C)NCC1OCCN(C)C1c1ccc(Br)s1. The first-order chi connectivity index (χ1) is 8.58. The van der Waals surface area contributed by atoms with E-state index in [1.807, 2.05) is 0 Å². The molecule has 0 amide bonds. The summed E-state index contributed by atoms with van der Waals surface area (Å²) in [7, 11) is 2.18. The minimum absolute atomic E-state index is 0.233. The first-order valence-electron chi connectivity index (χ1n) is 6.38. The molecular weight excluding hydrogens is 312 g/mol. The second kappa shape index (κ2) is 6.48. The quantitative estimate of drug-likeness (QED) is 0.917. The molecule has 2 atom stereocenters. The Hall–Kier alpha value is 0.0600. The van der Waals surface area contributed by atoms with Gasteiger partial charge in [0.1, 0.15) is 0 Å². The van der Waals surface area contributed by atoms with Gasteiger partial charge in [0, 0.05) is 24.0 Å². The Bertz CT molecular complexity index is 383. The maximum atomic E-state index is 5.96. The molecule has 1 aromatic heterocycles. The van der Waals surface area contributed by atoms with Crippen molar-refractivity contribution in [3.8, 4) is 0 Å². The van der Waals surface area contributed by atoms with Crippen LogP contribution in [0.4, 0.5) is 0 Å². The van der Waals surface area contributed by atoms with Crippen LogP contribution in [0.1, 0.15) is 24.8 Å². The molecule has 1 aromatic rings. The highest BCUT2D eigenvalue weighted by Gasteiger charge is 2.32. The Morgan fingerprint density at radius 1 is 1.56 bits per heavy atom. The molecule has 1 aliphatic rings. The molecule has 2 heterocycles. The van der Waals surface area contributed by atoms with Crippen LogP contribution in [0, 0.1) is 0 Å². The number of rotatable bonds is 4. The number of hydrogen-bond acceptors (Lipinski definition) is 4. The van der Waals surface area contributed by atoms with Crippen molar-refractivity contribution in [3.05, 3.63) is 20.8 Å². The van der Waals surface area contributed by atoms with Crippen LogP contribution in [0.25, 0.3) is 0 Å². The second-order valence-electron chi connectivity index (χ2n) is 5.04. The van der Waals surface area contributed by atoms with Gasteiger partial charge in [-0.15, -0.1) is 11.3 Å². The lowest BCUT2D eigenvalue weighted by atomic mass is 10.1. The van der Waals surface area contributed by atoms with Crippen LogP contribution in [0.5, 0.6) is 0 Å². The number of hydrogen-bond donors (Lipinski definition) is 1. The summed E-state index contributed by atoms with van der Waals surface area (Å²) in [4.78, 5) is 3.77. The Balaban J connectivity index is 2.10. The fourth-order valence-electron chi connectivity index (χ4n) is 2.27. The van der Waals surface area contributed by atoms with E-state index in [1.165, 1.54) is 8.66 Å². The number of halogens is 1. The molecule has 2 unspecified atom stereocenters. The largest absolute Gasteiger partial charge is 0.374 e. The van der Waals surface area contributed by atoms with Crippen molar-refractivity contribution in [3.63, 3.8) is 0 Å². The second-order valence-corrected chi connectivity index (χ2v) is 7.53. The number of nitrogens with zero attached hydrogens (tertiary/aromatic N) is 1. The number of nitrogens with one attached hydrogen (secondary N) is 1. The molecule has 1 saturated heterocycles. The van der Waals surface area contributed by atoms with Gasteiger partial charge in [-0.1, -0.05) is 13.8 Å². The molecule has 0 spiro atoms. The highest BCUT2D eigenvalue weighted by molar-refractivity contribution is 9.11. The standard InChI is InChI=1S/C13H21BrN2OS/c1-9(2)15-8-10-13(16(3)6-7-17-10)11-4-5-12(14)18-11/h4-5,9-10,13,15H,6-8H2,1-3H3. The van der Waals surface area contributed by atoms with E-state index in [0.29, 0.717) is 12.1 Å². The summed E-state index contributed by atoms with van der Waals surface area (Å²) in [5.74, 6) is 0. The summed E-state index contributed by atoms with van der Waals surface area (Å²) in [6, 6.07) is 5.18. The highest BCUT2D eigenvalue weighted by atomic mass is 79.9. The van der Waals surface area contributed by atoms with Crippen molar-refractivity contribution in [1.29, 1.82) is 0 Å². The van der Waals surface area contributed by atoms with Crippen molar-refractivity contribution >= 4 is 27.3 Å². The first kappa shape index (κ1) is 14.5. The summed E-state index contributed by atoms with van der Waals surface area (Å²) < 4.78 is 7.15. The molecule has 0 radical (unpaired) electrons. The van der Waals surface area contributed by atoms with Gasteiger partial charge in [0.25, 0.3) is 0 Å². The van der Waals surface area contributed by atoms with Gasteiger partial charge in [0.05, 0.1) is 22.5 Å². The molecule has 102 valence electrons. The number of ether oxygens (including phenoxy) is 1. The van der Waals surface area contributed by atoms with Gasteiger partial charge in [-0.2, -0.15) is 0 Å². The fourth-order valence-corrected chi connectivity index (χ4v) is 3.91. The van der Waals surface area contributed by atoms with Gasteiger partial charge in [-0.25, -0.2) is 0 Å². The minimum Gasteiger partial charge on any atom is -0.374 e. The molecule has 0 aliphatic carbocycles. The third kappa shape index (κ3) is 3.54.